The van der Waals surface area contributed by atoms with E-state index in [0.29, 0.717) is 30.5 Å². The van der Waals surface area contributed by atoms with Gasteiger partial charge in [0.05, 0.1) is 0 Å². The highest BCUT2D eigenvalue weighted by Crippen LogP contribution is 2.34. The molecule has 1 atom stereocenters. The predicted octanol–water partition coefficient (Wildman–Crippen LogP) is 3.24. The predicted molar refractivity (Wildman–Crippen MR) is 83.8 cm³/mol. The zero-order valence-electron chi connectivity index (χ0n) is 13.1. The maximum Gasteiger partial charge on any atom is 0.227 e. The van der Waals surface area contributed by atoms with Crippen LogP contribution in [0.2, 0.25) is 0 Å². The quantitative estimate of drug-likeness (QED) is 0.873. The Morgan fingerprint density at radius 2 is 2.23 bits per heavy atom. The molecule has 2 aromatic rings. The van der Waals surface area contributed by atoms with Crippen molar-refractivity contribution >= 4 is 11.6 Å². The summed E-state index contributed by atoms with van der Waals surface area (Å²) in [4.78, 5) is 18.7. The Morgan fingerprint density at radius 1 is 1.41 bits per heavy atom. The van der Waals surface area contributed by atoms with E-state index >= 15 is 0 Å². The van der Waals surface area contributed by atoms with Gasteiger partial charge in [-0.1, -0.05) is 30.3 Å². The lowest BCUT2D eigenvalue weighted by atomic mass is 9.96. The summed E-state index contributed by atoms with van der Waals surface area (Å²) in [5.74, 6) is 1.75. The Hall–Kier alpha value is -2.17. The Labute approximate surface area is 130 Å². The molecule has 1 aliphatic heterocycles. The third kappa shape index (κ3) is 3.03. The van der Waals surface area contributed by atoms with Gasteiger partial charge in [0.2, 0.25) is 11.8 Å². The van der Waals surface area contributed by atoms with Gasteiger partial charge in [-0.3, -0.25) is 4.79 Å². The van der Waals surface area contributed by atoms with Gasteiger partial charge < -0.3 is 9.42 Å². The van der Waals surface area contributed by atoms with Gasteiger partial charge in [0.1, 0.15) is 0 Å². The number of hydrogen-bond acceptors (Lipinski definition) is 4. The van der Waals surface area contributed by atoms with Crippen molar-refractivity contribution in [2.75, 3.05) is 11.4 Å². The fourth-order valence-corrected chi connectivity index (χ4v) is 3.03. The second-order valence-electron chi connectivity index (χ2n) is 5.88. The monoisotopic (exact) mass is 299 g/mol. The van der Waals surface area contributed by atoms with Crippen LogP contribution in [0.25, 0.3) is 0 Å². The van der Waals surface area contributed by atoms with Crippen molar-refractivity contribution in [1.82, 2.24) is 10.1 Å². The molecule has 0 aliphatic carbocycles. The Morgan fingerprint density at radius 3 is 3.00 bits per heavy atom. The van der Waals surface area contributed by atoms with Gasteiger partial charge in [-0.05, 0) is 37.3 Å². The number of aryl methyl sites for hydroxylation is 2. The summed E-state index contributed by atoms with van der Waals surface area (Å²) in [6.07, 6.45) is 3.03. The third-order valence-electron chi connectivity index (χ3n) is 4.20. The van der Waals surface area contributed by atoms with Crippen LogP contribution in [0.5, 0.6) is 0 Å². The van der Waals surface area contributed by atoms with E-state index in [1.165, 1.54) is 5.56 Å². The number of nitrogens with zero attached hydrogens (tertiary/aromatic N) is 3. The van der Waals surface area contributed by atoms with Gasteiger partial charge in [-0.15, -0.1) is 0 Å². The van der Waals surface area contributed by atoms with Gasteiger partial charge >= 0.3 is 0 Å². The van der Waals surface area contributed by atoms with Crippen LogP contribution in [0.1, 0.15) is 49.4 Å². The van der Waals surface area contributed by atoms with Crippen molar-refractivity contribution in [2.45, 2.75) is 45.4 Å². The van der Waals surface area contributed by atoms with Crippen LogP contribution < -0.4 is 4.90 Å². The van der Waals surface area contributed by atoms with Crippen LogP contribution in [0.3, 0.4) is 0 Å². The molecule has 0 radical (unpaired) electrons. The zero-order valence-corrected chi connectivity index (χ0v) is 13.1. The molecule has 1 aromatic carbocycles. The molecule has 0 spiro atoms. The minimum Gasteiger partial charge on any atom is -0.339 e. The molecule has 5 heteroatoms. The molecule has 3 rings (SSSR count). The number of para-hydroxylation sites is 1. The van der Waals surface area contributed by atoms with Gasteiger partial charge in [-0.25, -0.2) is 0 Å². The van der Waals surface area contributed by atoms with Crippen LogP contribution in [-0.2, 0) is 11.2 Å². The first-order valence-corrected chi connectivity index (χ1v) is 7.83. The molecule has 0 saturated heterocycles. The minimum absolute atomic E-state index is 0.123. The molecule has 0 N–H and O–H groups in total. The number of carbonyl (C=O) groups excluding carboxylic acids is 1. The number of aromatic nitrogens is 2. The van der Waals surface area contributed by atoms with E-state index in [1.807, 2.05) is 23.1 Å². The molecule has 22 heavy (non-hydrogen) atoms. The van der Waals surface area contributed by atoms with Crippen molar-refractivity contribution in [3.05, 3.63) is 41.5 Å². The van der Waals surface area contributed by atoms with E-state index in [1.54, 1.807) is 6.92 Å². The largest absolute Gasteiger partial charge is 0.339 e. The molecule has 1 aliphatic rings. The fraction of sp³-hybridized carbons (Fsp3) is 0.471. The maximum atomic E-state index is 12.6. The molecule has 2 heterocycles. The highest BCUT2D eigenvalue weighted by Gasteiger charge is 2.24. The lowest BCUT2D eigenvalue weighted by molar-refractivity contribution is -0.118. The molecule has 0 unspecified atom stereocenters. The first kappa shape index (κ1) is 14.8. The van der Waals surface area contributed by atoms with Crippen LogP contribution in [-0.4, -0.2) is 22.6 Å². The van der Waals surface area contributed by atoms with Gasteiger partial charge in [0, 0.05) is 25.1 Å². The average molecular weight is 299 g/mol. The van der Waals surface area contributed by atoms with Gasteiger partial charge in [0.15, 0.2) is 5.82 Å². The Bertz CT molecular complexity index is 665. The standard InChI is InChI=1S/C17H21N3O2/c1-12-6-5-11-20(15-8-4-3-7-14(12)15)17(21)10-9-16-18-13(2)19-22-16/h3-4,7-8,12H,5-6,9-11H2,1-2H3/t12-/m0/s1. The summed E-state index contributed by atoms with van der Waals surface area (Å²) in [7, 11) is 0. The Balaban J connectivity index is 1.75. The fourth-order valence-electron chi connectivity index (χ4n) is 3.03. The lowest BCUT2D eigenvalue weighted by Crippen LogP contribution is -2.31. The van der Waals surface area contributed by atoms with E-state index in [-0.39, 0.29) is 5.91 Å². The zero-order chi connectivity index (χ0) is 15.5. The number of rotatable bonds is 3. The number of fused-ring (bicyclic) bond motifs is 1. The minimum atomic E-state index is 0.123. The van der Waals surface area contributed by atoms with E-state index in [0.717, 1.165) is 25.1 Å². The van der Waals surface area contributed by atoms with Crippen LogP contribution in [0.15, 0.2) is 28.8 Å². The summed E-state index contributed by atoms with van der Waals surface area (Å²) in [6.45, 7) is 4.79. The molecular formula is C17H21N3O2. The molecule has 1 aromatic heterocycles. The average Bonchev–Trinajstić information content (AvgIpc) is 2.86. The summed E-state index contributed by atoms with van der Waals surface area (Å²) in [5, 5.41) is 3.76. The Kier molecular flexibility index (Phi) is 4.22. The van der Waals surface area contributed by atoms with Crippen LogP contribution in [0, 0.1) is 6.92 Å². The van der Waals surface area contributed by atoms with E-state index in [9.17, 15) is 4.79 Å². The normalized spacial score (nSPS) is 17.9. The smallest absolute Gasteiger partial charge is 0.227 e. The highest BCUT2D eigenvalue weighted by molar-refractivity contribution is 5.94. The molecule has 116 valence electrons. The van der Waals surface area contributed by atoms with Crippen molar-refractivity contribution < 1.29 is 9.32 Å². The second-order valence-corrected chi connectivity index (χ2v) is 5.88. The number of hydrogen-bond donors (Lipinski definition) is 0. The molecule has 5 nitrogen and oxygen atoms in total. The van der Waals surface area contributed by atoms with Crippen LogP contribution >= 0.6 is 0 Å². The van der Waals surface area contributed by atoms with Crippen molar-refractivity contribution in [2.24, 2.45) is 0 Å². The summed E-state index contributed by atoms with van der Waals surface area (Å²) >= 11 is 0. The van der Waals surface area contributed by atoms with Crippen molar-refractivity contribution in [1.29, 1.82) is 0 Å². The molecule has 0 fully saturated rings. The third-order valence-corrected chi connectivity index (χ3v) is 4.20. The number of anilines is 1. The SMILES string of the molecule is Cc1noc(CCC(=O)N2CCC[C@H](C)c3ccccc32)n1. The topological polar surface area (TPSA) is 59.2 Å². The van der Waals surface area contributed by atoms with Crippen LogP contribution in [0.4, 0.5) is 5.69 Å². The van der Waals surface area contributed by atoms with Gasteiger partial charge in [-0.2, -0.15) is 4.98 Å². The molecular weight excluding hydrogens is 278 g/mol. The van der Waals surface area contributed by atoms with E-state index < -0.39 is 0 Å². The number of amides is 1. The highest BCUT2D eigenvalue weighted by atomic mass is 16.5. The first-order chi connectivity index (χ1) is 10.6. The molecule has 0 saturated carbocycles. The summed E-state index contributed by atoms with van der Waals surface area (Å²) < 4.78 is 5.08. The summed E-state index contributed by atoms with van der Waals surface area (Å²) in [6, 6.07) is 8.22. The number of benzene rings is 1. The first-order valence-electron chi connectivity index (χ1n) is 7.83. The van der Waals surface area contributed by atoms with E-state index in [2.05, 4.69) is 23.1 Å². The number of carbonyl (C=O) groups is 1. The van der Waals surface area contributed by atoms with Gasteiger partial charge in [0.25, 0.3) is 0 Å². The maximum absolute atomic E-state index is 12.6. The van der Waals surface area contributed by atoms with Crippen molar-refractivity contribution in [3.8, 4) is 0 Å². The summed E-state index contributed by atoms with van der Waals surface area (Å²) in [5.41, 5.74) is 2.32. The second kappa shape index (κ2) is 6.30. The van der Waals surface area contributed by atoms with Crippen molar-refractivity contribution in [3.63, 3.8) is 0 Å². The molecule has 1 amide bonds. The lowest BCUT2D eigenvalue weighted by Gasteiger charge is -2.23. The molecule has 0 bridgehead atoms. The van der Waals surface area contributed by atoms with E-state index in [4.69, 9.17) is 4.52 Å².